The fourth-order valence-electron chi connectivity index (χ4n) is 3.62. The number of hydrogen-bond donors (Lipinski definition) is 1. The zero-order valence-corrected chi connectivity index (χ0v) is 17.2. The van der Waals surface area contributed by atoms with E-state index in [2.05, 4.69) is 26.7 Å². The quantitative estimate of drug-likeness (QED) is 0.537. The van der Waals surface area contributed by atoms with Crippen molar-refractivity contribution in [1.29, 1.82) is 0 Å². The summed E-state index contributed by atoms with van der Waals surface area (Å²) in [5.74, 6) is 1.18. The van der Waals surface area contributed by atoms with Crippen LogP contribution in [-0.4, -0.2) is 51.1 Å². The number of carbonyl (C=O) groups is 1. The molecule has 0 spiro atoms. The zero-order chi connectivity index (χ0) is 20.5. The Bertz CT molecular complexity index is 1170. The van der Waals surface area contributed by atoms with Gasteiger partial charge in [-0.1, -0.05) is 47.6 Å². The molecule has 152 valence electrons. The minimum Gasteiger partial charge on any atom is -0.354 e. The molecule has 0 radical (unpaired) electrons. The third kappa shape index (κ3) is 3.48. The number of para-hydroxylation sites is 1. The number of nitrogens with one attached hydrogen (secondary N) is 1. The average Bonchev–Trinajstić information content (AvgIpc) is 3.42. The molecular formula is C21H20N6O2S. The molecule has 0 aliphatic carbocycles. The molecule has 3 heterocycles. The summed E-state index contributed by atoms with van der Waals surface area (Å²) in [6.45, 7) is 3.96. The number of piperazine rings is 1. The third-order valence-corrected chi connectivity index (χ3v) is 5.96. The van der Waals surface area contributed by atoms with Gasteiger partial charge < -0.3 is 14.3 Å². The van der Waals surface area contributed by atoms with E-state index in [1.165, 1.54) is 11.5 Å². The summed E-state index contributed by atoms with van der Waals surface area (Å²) in [5, 5.41) is 8.53. The fraction of sp³-hybridized carbons (Fsp3) is 0.238. The van der Waals surface area contributed by atoms with Gasteiger partial charge in [0.05, 0.1) is 5.39 Å². The predicted octanol–water partition coefficient (Wildman–Crippen LogP) is 4.09. The lowest BCUT2D eigenvalue weighted by atomic mass is 10.2. The Labute approximate surface area is 177 Å². The van der Waals surface area contributed by atoms with Crippen molar-refractivity contribution in [2.75, 3.05) is 29.9 Å². The second-order valence-corrected chi connectivity index (χ2v) is 7.94. The van der Waals surface area contributed by atoms with Crippen molar-refractivity contribution in [3.63, 3.8) is 0 Å². The average molecular weight is 420 g/mol. The van der Waals surface area contributed by atoms with Gasteiger partial charge in [0.1, 0.15) is 0 Å². The maximum Gasteiger partial charge on any atom is 0.323 e. The van der Waals surface area contributed by atoms with Crippen LogP contribution in [0.2, 0.25) is 0 Å². The van der Waals surface area contributed by atoms with Crippen LogP contribution in [0, 0.1) is 0 Å². The van der Waals surface area contributed by atoms with Gasteiger partial charge in [-0.25, -0.2) is 4.79 Å². The van der Waals surface area contributed by atoms with E-state index >= 15 is 0 Å². The maximum absolute atomic E-state index is 12.8. The van der Waals surface area contributed by atoms with Crippen LogP contribution in [-0.2, 0) is 0 Å². The standard InChI is InChI=1S/C21H20N6O2S/c1-14-13-26(20(28)22-19-16-9-5-6-10-17(16)29-24-19)11-12-27(14)21-23-18(25-30-21)15-7-3-2-4-8-15/h2-10,14H,11-13H2,1H3,(H,22,24,28). The molecule has 2 aromatic heterocycles. The highest BCUT2D eigenvalue weighted by Crippen LogP contribution is 2.27. The summed E-state index contributed by atoms with van der Waals surface area (Å²) in [6.07, 6.45) is 0. The summed E-state index contributed by atoms with van der Waals surface area (Å²) < 4.78 is 9.77. The first kappa shape index (κ1) is 18.6. The Kier molecular flexibility index (Phi) is 4.80. The second-order valence-electron chi connectivity index (χ2n) is 7.21. The second kappa shape index (κ2) is 7.75. The summed E-state index contributed by atoms with van der Waals surface area (Å²) in [4.78, 5) is 21.5. The molecule has 4 aromatic rings. The lowest BCUT2D eigenvalue weighted by Gasteiger charge is -2.39. The van der Waals surface area contributed by atoms with Crippen molar-refractivity contribution < 1.29 is 9.32 Å². The monoisotopic (exact) mass is 420 g/mol. The highest BCUT2D eigenvalue weighted by atomic mass is 32.1. The number of nitrogens with zero attached hydrogens (tertiary/aromatic N) is 5. The number of hydrogen-bond acceptors (Lipinski definition) is 7. The lowest BCUT2D eigenvalue weighted by Crippen LogP contribution is -2.54. The topological polar surface area (TPSA) is 87.4 Å². The van der Waals surface area contributed by atoms with Crippen LogP contribution in [0.5, 0.6) is 0 Å². The van der Waals surface area contributed by atoms with E-state index in [1.54, 1.807) is 4.90 Å². The molecule has 1 unspecified atom stereocenters. The van der Waals surface area contributed by atoms with E-state index < -0.39 is 0 Å². The molecule has 1 saturated heterocycles. The van der Waals surface area contributed by atoms with Crippen LogP contribution < -0.4 is 10.2 Å². The van der Waals surface area contributed by atoms with E-state index in [0.29, 0.717) is 31.0 Å². The molecule has 2 aromatic carbocycles. The van der Waals surface area contributed by atoms with Gasteiger partial charge in [-0.05, 0) is 19.1 Å². The van der Waals surface area contributed by atoms with Crippen molar-refractivity contribution in [3.05, 3.63) is 54.6 Å². The molecule has 0 saturated carbocycles. The summed E-state index contributed by atoms with van der Waals surface area (Å²) in [5.41, 5.74) is 1.65. The Morgan fingerprint density at radius 1 is 1.13 bits per heavy atom. The third-order valence-electron chi connectivity index (χ3n) is 5.21. The van der Waals surface area contributed by atoms with Gasteiger partial charge in [-0.3, -0.25) is 5.32 Å². The van der Waals surface area contributed by atoms with Gasteiger partial charge in [-0.15, -0.1) is 0 Å². The first-order valence-electron chi connectivity index (χ1n) is 9.75. The van der Waals surface area contributed by atoms with Crippen molar-refractivity contribution in [3.8, 4) is 11.4 Å². The number of anilines is 2. The van der Waals surface area contributed by atoms with Crippen molar-refractivity contribution in [1.82, 2.24) is 19.4 Å². The van der Waals surface area contributed by atoms with Gasteiger partial charge in [0, 0.05) is 42.8 Å². The van der Waals surface area contributed by atoms with Crippen LogP contribution in [0.4, 0.5) is 15.7 Å². The molecule has 1 aliphatic rings. The summed E-state index contributed by atoms with van der Waals surface area (Å²) in [6, 6.07) is 17.4. The first-order chi connectivity index (χ1) is 14.7. The molecule has 9 heteroatoms. The summed E-state index contributed by atoms with van der Waals surface area (Å²) >= 11 is 1.39. The van der Waals surface area contributed by atoms with Crippen molar-refractivity contribution in [2.45, 2.75) is 13.0 Å². The van der Waals surface area contributed by atoms with E-state index in [-0.39, 0.29) is 12.1 Å². The molecule has 1 fully saturated rings. The van der Waals surface area contributed by atoms with E-state index in [4.69, 9.17) is 9.51 Å². The Hall–Kier alpha value is -3.46. The van der Waals surface area contributed by atoms with Crippen molar-refractivity contribution >= 4 is 39.5 Å². The fourth-order valence-corrected chi connectivity index (χ4v) is 4.44. The molecule has 1 aliphatic heterocycles. The number of aromatic nitrogens is 3. The summed E-state index contributed by atoms with van der Waals surface area (Å²) in [7, 11) is 0. The number of amides is 2. The van der Waals surface area contributed by atoms with Crippen LogP contribution in [0.3, 0.4) is 0 Å². The molecule has 2 amide bonds. The van der Waals surface area contributed by atoms with Crippen LogP contribution in [0.15, 0.2) is 59.1 Å². The normalized spacial score (nSPS) is 16.8. The number of urea groups is 1. The first-order valence-corrected chi connectivity index (χ1v) is 10.5. The van der Waals surface area contributed by atoms with E-state index in [1.807, 2.05) is 54.6 Å². The number of rotatable bonds is 3. The maximum atomic E-state index is 12.8. The van der Waals surface area contributed by atoms with Crippen LogP contribution >= 0.6 is 11.5 Å². The Balaban J connectivity index is 1.25. The predicted molar refractivity (Wildman–Crippen MR) is 117 cm³/mol. The molecule has 5 rings (SSSR count). The number of carbonyl (C=O) groups excluding carboxylic acids is 1. The molecule has 8 nitrogen and oxygen atoms in total. The minimum atomic E-state index is -0.178. The lowest BCUT2D eigenvalue weighted by molar-refractivity contribution is 0.200. The highest BCUT2D eigenvalue weighted by molar-refractivity contribution is 7.09. The smallest absolute Gasteiger partial charge is 0.323 e. The van der Waals surface area contributed by atoms with Gasteiger partial charge in [0.2, 0.25) is 5.13 Å². The van der Waals surface area contributed by atoms with Gasteiger partial charge in [0.25, 0.3) is 0 Å². The number of fused-ring (bicyclic) bond motifs is 1. The number of benzene rings is 2. The SMILES string of the molecule is CC1CN(C(=O)Nc2noc3ccccc23)CCN1c1nc(-c2ccccc2)ns1. The van der Waals surface area contributed by atoms with Gasteiger partial charge >= 0.3 is 6.03 Å². The minimum absolute atomic E-state index is 0.120. The largest absolute Gasteiger partial charge is 0.354 e. The molecular weight excluding hydrogens is 400 g/mol. The van der Waals surface area contributed by atoms with Crippen molar-refractivity contribution in [2.24, 2.45) is 0 Å². The molecule has 1 atom stereocenters. The van der Waals surface area contributed by atoms with Gasteiger partial charge in [0.15, 0.2) is 17.2 Å². The van der Waals surface area contributed by atoms with E-state index in [0.717, 1.165) is 21.9 Å². The highest BCUT2D eigenvalue weighted by Gasteiger charge is 2.29. The van der Waals surface area contributed by atoms with E-state index in [9.17, 15) is 4.79 Å². The van der Waals surface area contributed by atoms with Crippen LogP contribution in [0.1, 0.15) is 6.92 Å². The zero-order valence-electron chi connectivity index (χ0n) is 16.4. The Morgan fingerprint density at radius 3 is 2.77 bits per heavy atom. The molecule has 0 bridgehead atoms. The van der Waals surface area contributed by atoms with Crippen LogP contribution in [0.25, 0.3) is 22.4 Å². The molecule has 30 heavy (non-hydrogen) atoms. The molecule has 1 N–H and O–H groups in total. The Morgan fingerprint density at radius 2 is 1.93 bits per heavy atom. The van der Waals surface area contributed by atoms with Gasteiger partial charge in [-0.2, -0.15) is 9.36 Å².